The van der Waals surface area contributed by atoms with Gasteiger partial charge in [-0.2, -0.15) is 0 Å². The lowest BCUT2D eigenvalue weighted by Crippen LogP contribution is -2.36. The van der Waals surface area contributed by atoms with Gasteiger partial charge in [0.2, 0.25) is 0 Å². The second-order valence-corrected chi connectivity index (χ2v) is 6.25. The van der Waals surface area contributed by atoms with Crippen LogP contribution < -0.4 is 4.74 Å². The molecule has 1 aromatic carbocycles. The van der Waals surface area contributed by atoms with Crippen LogP contribution in [0.15, 0.2) is 18.2 Å². The predicted octanol–water partition coefficient (Wildman–Crippen LogP) is 2.49. The summed E-state index contributed by atoms with van der Waals surface area (Å²) < 4.78 is 5.36. The molecule has 19 heavy (non-hydrogen) atoms. The van der Waals surface area contributed by atoms with E-state index in [1.54, 1.807) is 7.11 Å². The molecule has 3 rings (SSSR count). The number of halogens is 1. The van der Waals surface area contributed by atoms with Crippen molar-refractivity contribution in [3.63, 3.8) is 0 Å². The van der Waals surface area contributed by atoms with Gasteiger partial charge in [0, 0.05) is 30.6 Å². The molecule has 0 spiro atoms. The number of hydrogen-bond acceptors (Lipinski definition) is 3. The quantitative estimate of drug-likeness (QED) is 0.920. The van der Waals surface area contributed by atoms with Crippen LogP contribution in [0, 0.1) is 0 Å². The minimum atomic E-state index is -0.638. The van der Waals surface area contributed by atoms with E-state index in [-0.39, 0.29) is 0 Å². The van der Waals surface area contributed by atoms with E-state index in [2.05, 4.69) is 4.90 Å². The lowest BCUT2D eigenvalue weighted by atomic mass is 9.93. The number of likely N-dealkylation sites (tertiary alicyclic amines) is 1. The predicted molar refractivity (Wildman–Crippen MR) is 75.9 cm³/mol. The summed E-state index contributed by atoms with van der Waals surface area (Å²) in [5, 5.41) is 11.5. The van der Waals surface area contributed by atoms with Crippen LogP contribution in [-0.2, 0) is 6.42 Å². The van der Waals surface area contributed by atoms with Crippen LogP contribution in [0.3, 0.4) is 0 Å². The Hall–Kier alpha value is -0.770. The van der Waals surface area contributed by atoms with E-state index in [1.807, 2.05) is 18.2 Å². The van der Waals surface area contributed by atoms with Crippen LogP contribution in [0.2, 0.25) is 5.02 Å². The molecule has 1 saturated carbocycles. The van der Waals surface area contributed by atoms with Gasteiger partial charge in [-0.25, -0.2) is 0 Å². The molecular weight excluding hydrogens is 262 g/mol. The summed E-state index contributed by atoms with van der Waals surface area (Å²) >= 11 is 6.05. The SMILES string of the molecule is COc1ccc(Cl)cc1CC1(O)CCN(C2CC2)C1. The molecule has 1 N–H and O–H groups in total. The van der Waals surface area contributed by atoms with Crippen molar-refractivity contribution in [3.05, 3.63) is 28.8 Å². The summed E-state index contributed by atoms with van der Waals surface area (Å²) in [5.74, 6) is 0.808. The molecule has 0 aromatic heterocycles. The zero-order valence-corrected chi connectivity index (χ0v) is 12.0. The van der Waals surface area contributed by atoms with Crippen molar-refractivity contribution >= 4 is 11.6 Å². The molecule has 1 atom stereocenters. The third-order valence-corrected chi connectivity index (χ3v) is 4.42. The minimum absolute atomic E-state index is 0.611. The number of nitrogens with zero attached hydrogens (tertiary/aromatic N) is 1. The van der Waals surface area contributed by atoms with Crippen LogP contribution >= 0.6 is 11.6 Å². The lowest BCUT2D eigenvalue weighted by Gasteiger charge is -2.24. The van der Waals surface area contributed by atoms with Gasteiger partial charge in [0.15, 0.2) is 0 Å². The van der Waals surface area contributed by atoms with Gasteiger partial charge in [-0.05, 0) is 43.0 Å². The van der Waals surface area contributed by atoms with Gasteiger partial charge in [0.05, 0.1) is 12.7 Å². The van der Waals surface area contributed by atoms with E-state index < -0.39 is 5.60 Å². The Kier molecular flexibility index (Phi) is 3.46. The first-order valence-corrected chi connectivity index (χ1v) is 7.26. The smallest absolute Gasteiger partial charge is 0.122 e. The summed E-state index contributed by atoms with van der Waals surface area (Å²) in [7, 11) is 1.65. The van der Waals surface area contributed by atoms with Gasteiger partial charge in [-0.3, -0.25) is 4.90 Å². The highest BCUT2D eigenvalue weighted by Crippen LogP contribution is 2.36. The average molecular weight is 282 g/mol. The van der Waals surface area contributed by atoms with E-state index in [0.717, 1.165) is 36.9 Å². The molecule has 2 aliphatic rings. The van der Waals surface area contributed by atoms with Gasteiger partial charge in [0.25, 0.3) is 0 Å². The zero-order chi connectivity index (χ0) is 13.5. The maximum atomic E-state index is 10.8. The number of methoxy groups -OCH3 is 1. The molecular formula is C15H20ClNO2. The van der Waals surface area contributed by atoms with Crippen molar-refractivity contribution in [1.82, 2.24) is 4.90 Å². The van der Waals surface area contributed by atoms with Crippen LogP contribution in [0.1, 0.15) is 24.8 Å². The van der Waals surface area contributed by atoms with Gasteiger partial charge >= 0.3 is 0 Å². The van der Waals surface area contributed by atoms with Gasteiger partial charge < -0.3 is 9.84 Å². The fraction of sp³-hybridized carbons (Fsp3) is 0.600. The van der Waals surface area contributed by atoms with Crippen molar-refractivity contribution in [2.75, 3.05) is 20.2 Å². The fourth-order valence-electron chi connectivity index (χ4n) is 3.02. The largest absolute Gasteiger partial charge is 0.496 e. The summed E-state index contributed by atoms with van der Waals surface area (Å²) in [6, 6.07) is 6.31. The number of rotatable bonds is 4. The van der Waals surface area contributed by atoms with E-state index in [1.165, 1.54) is 12.8 Å². The van der Waals surface area contributed by atoms with Gasteiger partial charge in [0.1, 0.15) is 5.75 Å². The van der Waals surface area contributed by atoms with Crippen LogP contribution in [-0.4, -0.2) is 41.8 Å². The maximum absolute atomic E-state index is 10.8. The third-order valence-electron chi connectivity index (χ3n) is 4.19. The normalized spacial score (nSPS) is 27.7. The Morgan fingerprint density at radius 2 is 2.26 bits per heavy atom. The Morgan fingerprint density at radius 3 is 2.95 bits per heavy atom. The summed E-state index contributed by atoms with van der Waals surface area (Å²) in [6.07, 6.45) is 4.02. The molecule has 1 aromatic rings. The van der Waals surface area contributed by atoms with Crippen molar-refractivity contribution in [2.24, 2.45) is 0 Å². The highest BCUT2D eigenvalue weighted by molar-refractivity contribution is 6.30. The molecule has 1 heterocycles. The van der Waals surface area contributed by atoms with Crippen LogP contribution in [0.4, 0.5) is 0 Å². The van der Waals surface area contributed by atoms with Crippen molar-refractivity contribution in [3.8, 4) is 5.75 Å². The first-order valence-electron chi connectivity index (χ1n) is 6.88. The Labute approximate surface area is 119 Å². The summed E-state index contributed by atoms with van der Waals surface area (Å²) in [5.41, 5.74) is 0.357. The number of aliphatic hydroxyl groups is 1. The second kappa shape index (κ2) is 4.97. The summed E-state index contributed by atoms with van der Waals surface area (Å²) in [6.45, 7) is 1.78. The standard InChI is InChI=1S/C15H20ClNO2/c1-19-14-5-2-12(16)8-11(14)9-15(18)6-7-17(10-15)13-3-4-13/h2,5,8,13,18H,3-4,6-7,9-10H2,1H3. The maximum Gasteiger partial charge on any atom is 0.122 e. The topological polar surface area (TPSA) is 32.7 Å². The van der Waals surface area contributed by atoms with Crippen molar-refractivity contribution in [2.45, 2.75) is 37.3 Å². The highest BCUT2D eigenvalue weighted by atomic mass is 35.5. The molecule has 0 bridgehead atoms. The molecule has 0 radical (unpaired) electrons. The second-order valence-electron chi connectivity index (χ2n) is 5.81. The van der Waals surface area contributed by atoms with E-state index in [4.69, 9.17) is 16.3 Å². The molecule has 1 unspecified atom stereocenters. The monoisotopic (exact) mass is 281 g/mol. The van der Waals surface area contributed by atoms with E-state index in [9.17, 15) is 5.11 Å². The minimum Gasteiger partial charge on any atom is -0.496 e. The lowest BCUT2D eigenvalue weighted by molar-refractivity contribution is 0.0481. The van der Waals surface area contributed by atoms with Gasteiger partial charge in [-0.15, -0.1) is 0 Å². The molecule has 1 aliphatic heterocycles. The number of hydrogen-bond donors (Lipinski definition) is 1. The summed E-state index contributed by atoms with van der Waals surface area (Å²) in [4.78, 5) is 2.41. The molecule has 0 amide bonds. The average Bonchev–Trinajstić information content (AvgIpc) is 3.14. The van der Waals surface area contributed by atoms with Crippen LogP contribution in [0.25, 0.3) is 0 Å². The van der Waals surface area contributed by atoms with Gasteiger partial charge in [-0.1, -0.05) is 11.6 Å². The van der Waals surface area contributed by atoms with E-state index >= 15 is 0 Å². The van der Waals surface area contributed by atoms with E-state index in [0.29, 0.717) is 11.4 Å². The molecule has 1 saturated heterocycles. The first-order chi connectivity index (χ1) is 9.09. The molecule has 2 fully saturated rings. The zero-order valence-electron chi connectivity index (χ0n) is 11.2. The highest BCUT2D eigenvalue weighted by Gasteiger charge is 2.42. The Balaban J connectivity index is 1.75. The fourth-order valence-corrected chi connectivity index (χ4v) is 3.22. The molecule has 3 nitrogen and oxygen atoms in total. The first kappa shape index (κ1) is 13.2. The van der Waals surface area contributed by atoms with Crippen molar-refractivity contribution in [1.29, 1.82) is 0 Å². The number of ether oxygens (including phenoxy) is 1. The molecule has 1 aliphatic carbocycles. The molecule has 104 valence electrons. The number of benzene rings is 1. The van der Waals surface area contributed by atoms with Crippen LogP contribution in [0.5, 0.6) is 5.75 Å². The van der Waals surface area contributed by atoms with Crippen molar-refractivity contribution < 1.29 is 9.84 Å². The Morgan fingerprint density at radius 1 is 1.47 bits per heavy atom. The number of β-amino-alcohol motifs (C(OH)–C–C–N with tert-alkyl or cyclic N) is 1. The Bertz CT molecular complexity index is 475. The third kappa shape index (κ3) is 2.88. The molecule has 4 heteroatoms.